The fourth-order valence-corrected chi connectivity index (χ4v) is 6.11. The first-order valence-corrected chi connectivity index (χ1v) is 14.0. The lowest BCUT2D eigenvalue weighted by atomic mass is 9.50. The number of benzene rings is 2. The number of carboxylic acids is 2. The molecule has 2 N–H and O–H groups in total. The Bertz CT molecular complexity index is 848. The summed E-state index contributed by atoms with van der Waals surface area (Å²) >= 11 is 0. The van der Waals surface area contributed by atoms with Gasteiger partial charge in [-0.05, 0) is 61.1 Å². The van der Waals surface area contributed by atoms with Gasteiger partial charge in [0, 0.05) is 10.8 Å². The summed E-state index contributed by atoms with van der Waals surface area (Å²) in [6.45, 7) is 8.94. The molecule has 36 heavy (non-hydrogen) atoms. The Kier molecular flexibility index (Phi) is 11.7. The van der Waals surface area contributed by atoms with Crippen molar-refractivity contribution in [3.63, 3.8) is 0 Å². The molecule has 4 nitrogen and oxygen atoms in total. The van der Waals surface area contributed by atoms with Gasteiger partial charge in [-0.15, -0.1) is 0 Å². The summed E-state index contributed by atoms with van der Waals surface area (Å²) in [5, 5.41) is 19.1. The van der Waals surface area contributed by atoms with E-state index in [-0.39, 0.29) is 10.8 Å². The van der Waals surface area contributed by atoms with Crippen LogP contribution in [0, 0.1) is 0 Å². The first-order chi connectivity index (χ1) is 17.3. The van der Waals surface area contributed by atoms with Gasteiger partial charge in [0.1, 0.15) is 0 Å². The fourth-order valence-electron chi connectivity index (χ4n) is 6.11. The first kappa shape index (κ1) is 29.6. The highest BCUT2D eigenvalue weighted by molar-refractivity contribution is 5.88. The number of unbranched alkanes of at least 4 members (excludes halogenated alkanes) is 4. The number of carboxylic acid groups (broad SMARTS) is 2. The monoisotopic (exact) mass is 494 g/mol. The van der Waals surface area contributed by atoms with Gasteiger partial charge >= 0.3 is 11.9 Å². The standard InChI is InChI=1S/C32H46O4/c1-5-9-21-31(22-10-6-2,27-17-13-25(14-18-27)29(33)34)32(23-11-7-3,24-12-8-4)28-19-15-26(16-20-28)30(35)36/h13-20H,5-12,21-24H2,1-4H3,(H,33,34)(H,35,36). The minimum absolute atomic E-state index is 0.162. The number of rotatable bonds is 17. The summed E-state index contributed by atoms with van der Waals surface area (Å²) < 4.78 is 0. The minimum Gasteiger partial charge on any atom is -0.478 e. The van der Waals surface area contributed by atoms with Crippen LogP contribution < -0.4 is 0 Å². The van der Waals surface area contributed by atoms with Crippen LogP contribution >= 0.6 is 0 Å². The SMILES string of the molecule is CCCCC(CCCC)(c1ccc(C(=O)O)cc1)C(CCCC)(CCCC)c1ccc(C(=O)O)cc1. The lowest BCUT2D eigenvalue weighted by molar-refractivity contribution is 0.0685. The lowest BCUT2D eigenvalue weighted by Gasteiger charge is -2.53. The second-order valence-electron chi connectivity index (χ2n) is 10.3. The Labute approximate surface area is 218 Å². The van der Waals surface area contributed by atoms with Crippen LogP contribution in [0.5, 0.6) is 0 Å². The van der Waals surface area contributed by atoms with Crippen LogP contribution in [0.3, 0.4) is 0 Å². The molecule has 0 saturated carbocycles. The molecule has 198 valence electrons. The maximum Gasteiger partial charge on any atom is 0.335 e. The van der Waals surface area contributed by atoms with Gasteiger partial charge in [-0.1, -0.05) is 103 Å². The van der Waals surface area contributed by atoms with Crippen LogP contribution in [-0.4, -0.2) is 22.2 Å². The van der Waals surface area contributed by atoms with Crippen molar-refractivity contribution >= 4 is 11.9 Å². The lowest BCUT2D eigenvalue weighted by Crippen LogP contribution is -2.50. The highest BCUT2D eigenvalue weighted by atomic mass is 16.4. The van der Waals surface area contributed by atoms with Crippen LogP contribution in [-0.2, 0) is 10.8 Å². The van der Waals surface area contributed by atoms with E-state index in [1.807, 2.05) is 0 Å². The summed E-state index contributed by atoms with van der Waals surface area (Å²) in [6, 6.07) is 15.3. The van der Waals surface area contributed by atoms with E-state index in [0.29, 0.717) is 11.1 Å². The third kappa shape index (κ3) is 6.57. The molecule has 4 heteroatoms. The maximum absolute atomic E-state index is 11.6. The van der Waals surface area contributed by atoms with E-state index in [2.05, 4.69) is 52.0 Å². The molecule has 0 aliphatic heterocycles. The molecule has 2 rings (SSSR count). The summed E-state index contributed by atoms with van der Waals surface area (Å²) in [6.07, 6.45) is 12.9. The Hall–Kier alpha value is -2.62. The van der Waals surface area contributed by atoms with E-state index in [1.165, 1.54) is 11.1 Å². The van der Waals surface area contributed by atoms with Crippen molar-refractivity contribution in [2.24, 2.45) is 0 Å². The summed E-state index contributed by atoms with van der Waals surface area (Å²) in [7, 11) is 0. The molecule has 0 saturated heterocycles. The first-order valence-electron chi connectivity index (χ1n) is 14.0. The molecule has 0 amide bonds. The highest BCUT2D eigenvalue weighted by Gasteiger charge is 2.51. The van der Waals surface area contributed by atoms with E-state index in [4.69, 9.17) is 0 Å². The smallest absolute Gasteiger partial charge is 0.335 e. The van der Waals surface area contributed by atoms with Crippen molar-refractivity contribution in [1.82, 2.24) is 0 Å². The van der Waals surface area contributed by atoms with Gasteiger partial charge in [-0.2, -0.15) is 0 Å². The molecule has 0 aliphatic rings. The van der Waals surface area contributed by atoms with Crippen LogP contribution in [0.4, 0.5) is 0 Å². The van der Waals surface area contributed by atoms with Gasteiger partial charge in [0.05, 0.1) is 11.1 Å². The summed E-state index contributed by atoms with van der Waals surface area (Å²) in [5.41, 5.74) is 2.76. The zero-order valence-electron chi connectivity index (χ0n) is 22.8. The van der Waals surface area contributed by atoms with Gasteiger partial charge in [0.15, 0.2) is 0 Å². The average molecular weight is 495 g/mol. The highest BCUT2D eigenvalue weighted by Crippen LogP contribution is 2.56. The van der Waals surface area contributed by atoms with Crippen molar-refractivity contribution in [2.45, 2.75) is 116 Å². The molecule has 2 aromatic rings. The average Bonchev–Trinajstić information content (AvgIpc) is 2.89. The third-order valence-electron chi connectivity index (χ3n) is 8.11. The molecule has 0 bridgehead atoms. The van der Waals surface area contributed by atoms with Crippen LogP contribution in [0.25, 0.3) is 0 Å². The molecule has 2 aromatic carbocycles. The van der Waals surface area contributed by atoms with Gasteiger partial charge in [0.2, 0.25) is 0 Å². The number of hydrogen-bond donors (Lipinski definition) is 2. The van der Waals surface area contributed by atoms with Gasteiger partial charge in [-0.25, -0.2) is 9.59 Å². The molecular formula is C32H46O4. The molecule has 0 fully saturated rings. The molecule has 0 spiro atoms. The molecule has 0 aliphatic carbocycles. The topological polar surface area (TPSA) is 74.6 Å². The third-order valence-corrected chi connectivity index (χ3v) is 8.11. The Morgan fingerprint density at radius 1 is 0.528 bits per heavy atom. The largest absolute Gasteiger partial charge is 0.478 e. The number of carbonyl (C=O) groups is 2. The quantitative estimate of drug-likeness (QED) is 0.230. The predicted molar refractivity (Wildman–Crippen MR) is 148 cm³/mol. The Morgan fingerprint density at radius 2 is 0.778 bits per heavy atom. The van der Waals surface area contributed by atoms with Crippen molar-refractivity contribution in [3.8, 4) is 0 Å². The second-order valence-corrected chi connectivity index (χ2v) is 10.3. The molecule has 0 atom stereocenters. The minimum atomic E-state index is -0.901. The predicted octanol–water partition coefficient (Wildman–Crippen LogP) is 9.02. The van der Waals surface area contributed by atoms with E-state index >= 15 is 0 Å². The molecule has 0 unspecified atom stereocenters. The van der Waals surface area contributed by atoms with Crippen LogP contribution in [0.1, 0.15) is 137 Å². The van der Waals surface area contributed by atoms with E-state index < -0.39 is 11.9 Å². The Balaban J connectivity index is 2.90. The maximum atomic E-state index is 11.6. The van der Waals surface area contributed by atoms with Crippen LogP contribution in [0.2, 0.25) is 0 Å². The fraction of sp³-hybridized carbons (Fsp3) is 0.562. The van der Waals surface area contributed by atoms with E-state index in [1.54, 1.807) is 24.3 Å². The Morgan fingerprint density at radius 3 is 0.972 bits per heavy atom. The van der Waals surface area contributed by atoms with E-state index in [0.717, 1.165) is 77.0 Å². The van der Waals surface area contributed by atoms with E-state index in [9.17, 15) is 19.8 Å². The number of aromatic carboxylic acids is 2. The second kappa shape index (κ2) is 14.2. The zero-order valence-corrected chi connectivity index (χ0v) is 22.8. The molecule has 0 aromatic heterocycles. The van der Waals surface area contributed by atoms with Crippen molar-refractivity contribution in [1.29, 1.82) is 0 Å². The summed E-state index contributed by atoms with van der Waals surface area (Å²) in [5.74, 6) is -1.80. The normalized spacial score (nSPS) is 12.0. The van der Waals surface area contributed by atoms with Gasteiger partial charge in [0.25, 0.3) is 0 Å². The van der Waals surface area contributed by atoms with Gasteiger partial charge < -0.3 is 10.2 Å². The van der Waals surface area contributed by atoms with Crippen LogP contribution in [0.15, 0.2) is 48.5 Å². The zero-order chi connectivity index (χ0) is 26.6. The van der Waals surface area contributed by atoms with Crippen molar-refractivity contribution < 1.29 is 19.8 Å². The molecule has 0 heterocycles. The molecule has 0 radical (unpaired) electrons. The van der Waals surface area contributed by atoms with Crippen molar-refractivity contribution in [2.75, 3.05) is 0 Å². The van der Waals surface area contributed by atoms with Crippen molar-refractivity contribution in [3.05, 3.63) is 70.8 Å². The summed E-state index contributed by atoms with van der Waals surface area (Å²) in [4.78, 5) is 23.3. The number of hydrogen-bond acceptors (Lipinski definition) is 2. The molecular weight excluding hydrogens is 448 g/mol. The van der Waals surface area contributed by atoms with Gasteiger partial charge in [-0.3, -0.25) is 0 Å².